The van der Waals surface area contributed by atoms with Gasteiger partial charge < -0.3 is 23.3 Å². The van der Waals surface area contributed by atoms with Crippen LogP contribution < -0.4 is 9.47 Å². The molecule has 0 radical (unpaired) electrons. The van der Waals surface area contributed by atoms with E-state index in [2.05, 4.69) is 10.3 Å². The summed E-state index contributed by atoms with van der Waals surface area (Å²) in [6.45, 7) is -0.0549. The third-order valence-corrected chi connectivity index (χ3v) is 5.36. The summed E-state index contributed by atoms with van der Waals surface area (Å²) in [5.74, 6) is 0.0182. The first kappa shape index (κ1) is 23.6. The van der Waals surface area contributed by atoms with Crippen molar-refractivity contribution in [2.75, 3.05) is 7.11 Å². The van der Waals surface area contributed by atoms with Crippen LogP contribution in [0.5, 0.6) is 11.5 Å². The van der Waals surface area contributed by atoms with Crippen LogP contribution >= 0.6 is 0 Å². The molecule has 0 fully saturated rings. The van der Waals surface area contributed by atoms with Crippen molar-refractivity contribution in [3.63, 3.8) is 0 Å². The Hall–Kier alpha value is -5.18. The number of nitrogens with zero attached hydrogens (tertiary/aromatic N) is 2. The summed E-state index contributed by atoms with van der Waals surface area (Å²) in [7, 11) is 1.44. The number of aromatic nitrogens is 2. The van der Waals surface area contributed by atoms with Gasteiger partial charge in [0, 0.05) is 23.3 Å². The summed E-state index contributed by atoms with van der Waals surface area (Å²) in [5.41, 5.74) is 2.27. The minimum Gasteiger partial charge on any atom is -0.493 e. The van der Waals surface area contributed by atoms with Gasteiger partial charge in [0.15, 0.2) is 34.4 Å². The van der Waals surface area contributed by atoms with Crippen LogP contribution in [0.3, 0.4) is 0 Å². The van der Waals surface area contributed by atoms with Gasteiger partial charge in [-0.05, 0) is 17.7 Å². The molecular weight excluding hydrogens is 476 g/mol. The van der Waals surface area contributed by atoms with Crippen molar-refractivity contribution in [3.05, 3.63) is 108 Å². The van der Waals surface area contributed by atoms with Crippen LogP contribution in [0.4, 0.5) is 0 Å². The van der Waals surface area contributed by atoms with Crippen LogP contribution in [0.1, 0.15) is 26.5 Å². The largest absolute Gasteiger partial charge is 0.493 e. The zero-order valence-corrected chi connectivity index (χ0v) is 19.6. The molecule has 5 rings (SSSR count). The molecule has 5 aromatic rings. The van der Waals surface area contributed by atoms with Crippen LogP contribution in [0.15, 0.2) is 100 Å². The van der Waals surface area contributed by atoms with Gasteiger partial charge in [0.2, 0.25) is 0 Å². The Labute approximate surface area is 211 Å². The normalized spacial score (nSPS) is 10.6. The summed E-state index contributed by atoms with van der Waals surface area (Å²) in [4.78, 5) is 25.0. The van der Waals surface area contributed by atoms with Crippen molar-refractivity contribution in [2.24, 2.45) is 0 Å². The van der Waals surface area contributed by atoms with Gasteiger partial charge in [-0.2, -0.15) is 0 Å². The molecule has 0 spiro atoms. The highest BCUT2D eigenvalue weighted by atomic mass is 16.6. The number of ether oxygens (including phenoxy) is 3. The summed E-state index contributed by atoms with van der Waals surface area (Å²) in [6.07, 6.45) is 0. The lowest BCUT2D eigenvalue weighted by molar-refractivity contribution is 0.0460. The molecule has 0 N–H and O–H groups in total. The number of rotatable bonds is 8. The summed E-state index contributed by atoms with van der Waals surface area (Å²) >= 11 is 0. The molecule has 0 atom stereocenters. The lowest BCUT2D eigenvalue weighted by Gasteiger charge is -2.10. The maximum atomic E-state index is 12.6. The minimum atomic E-state index is -0.705. The molecule has 0 unspecified atom stereocenters. The molecule has 0 bridgehead atoms. The average Bonchev–Trinajstić information content (AvgIpc) is 3.64. The molecule has 0 aliphatic carbocycles. The van der Waals surface area contributed by atoms with E-state index in [1.54, 1.807) is 18.2 Å². The van der Waals surface area contributed by atoms with E-state index in [-0.39, 0.29) is 29.5 Å². The SMILES string of the molecule is COc1cc(COC(=O)c2cc(-c3ccccc3)on2)ccc1OC(=O)c1cc(-c2ccccc2)on1. The lowest BCUT2D eigenvalue weighted by atomic mass is 10.1. The predicted octanol–water partition coefficient (Wildman–Crippen LogP) is 5.58. The van der Waals surface area contributed by atoms with Gasteiger partial charge in [0.05, 0.1) is 7.11 Å². The van der Waals surface area contributed by atoms with Crippen molar-refractivity contribution in [2.45, 2.75) is 6.61 Å². The molecular formula is C28H20N2O7. The van der Waals surface area contributed by atoms with E-state index in [0.29, 0.717) is 17.1 Å². The second kappa shape index (κ2) is 10.6. The second-order valence-corrected chi connectivity index (χ2v) is 7.84. The standard InChI is InChI=1S/C28H20N2O7/c1-33-26-14-18(17-34-27(31)21-15-24(36-29-21)19-8-4-2-5-9-19)12-13-23(26)35-28(32)22-16-25(37-30-22)20-10-6-3-7-11-20/h2-16H,17H2,1H3. The van der Waals surface area contributed by atoms with E-state index in [1.807, 2.05) is 60.7 Å². The fourth-order valence-corrected chi connectivity index (χ4v) is 3.48. The van der Waals surface area contributed by atoms with Gasteiger partial charge in [-0.3, -0.25) is 0 Å². The first-order chi connectivity index (χ1) is 18.1. The first-order valence-electron chi connectivity index (χ1n) is 11.2. The quantitative estimate of drug-likeness (QED) is 0.201. The molecule has 0 aliphatic rings. The summed E-state index contributed by atoms with van der Waals surface area (Å²) < 4.78 is 26.7. The number of benzene rings is 3. The van der Waals surface area contributed by atoms with Crippen LogP contribution in [0.2, 0.25) is 0 Å². The van der Waals surface area contributed by atoms with Crippen molar-refractivity contribution in [3.8, 4) is 34.1 Å². The fourth-order valence-electron chi connectivity index (χ4n) is 3.48. The highest BCUT2D eigenvalue weighted by molar-refractivity contribution is 5.90. The highest BCUT2D eigenvalue weighted by Crippen LogP contribution is 2.30. The predicted molar refractivity (Wildman–Crippen MR) is 131 cm³/mol. The number of hydrogen-bond donors (Lipinski definition) is 0. The topological polar surface area (TPSA) is 114 Å². The molecule has 0 aliphatic heterocycles. The summed E-state index contributed by atoms with van der Waals surface area (Å²) in [6, 6.07) is 26.4. The van der Waals surface area contributed by atoms with Crippen LogP contribution in [-0.2, 0) is 11.3 Å². The van der Waals surface area contributed by atoms with E-state index in [0.717, 1.165) is 11.1 Å². The van der Waals surface area contributed by atoms with Crippen LogP contribution in [0.25, 0.3) is 22.6 Å². The Morgan fingerprint density at radius 3 is 1.84 bits per heavy atom. The van der Waals surface area contributed by atoms with E-state index >= 15 is 0 Å². The highest BCUT2D eigenvalue weighted by Gasteiger charge is 2.19. The van der Waals surface area contributed by atoms with E-state index in [1.165, 1.54) is 19.2 Å². The van der Waals surface area contributed by atoms with Crippen molar-refractivity contribution in [1.82, 2.24) is 10.3 Å². The first-order valence-corrected chi connectivity index (χ1v) is 11.2. The van der Waals surface area contributed by atoms with Gasteiger partial charge in [0.1, 0.15) is 6.61 Å². The maximum Gasteiger partial charge on any atom is 0.366 e. The molecule has 3 aromatic carbocycles. The van der Waals surface area contributed by atoms with E-state index in [9.17, 15) is 9.59 Å². The van der Waals surface area contributed by atoms with Gasteiger partial charge >= 0.3 is 11.9 Å². The fraction of sp³-hybridized carbons (Fsp3) is 0.0714. The van der Waals surface area contributed by atoms with Gasteiger partial charge in [-0.25, -0.2) is 9.59 Å². The van der Waals surface area contributed by atoms with Gasteiger partial charge in [0.25, 0.3) is 0 Å². The molecule has 9 nitrogen and oxygen atoms in total. The molecule has 2 heterocycles. The van der Waals surface area contributed by atoms with Crippen molar-refractivity contribution >= 4 is 11.9 Å². The third kappa shape index (κ3) is 5.40. The van der Waals surface area contributed by atoms with Crippen molar-refractivity contribution < 1.29 is 32.8 Å². The van der Waals surface area contributed by atoms with Crippen LogP contribution in [0, 0.1) is 0 Å². The average molecular weight is 496 g/mol. The smallest absolute Gasteiger partial charge is 0.366 e. The number of carbonyl (C=O) groups excluding carboxylic acids is 2. The Balaban J connectivity index is 1.22. The van der Waals surface area contributed by atoms with Gasteiger partial charge in [-0.15, -0.1) is 0 Å². The molecule has 2 aromatic heterocycles. The Morgan fingerprint density at radius 2 is 1.27 bits per heavy atom. The van der Waals surface area contributed by atoms with Crippen molar-refractivity contribution in [1.29, 1.82) is 0 Å². The Kier molecular flexibility index (Phi) is 6.76. The zero-order valence-electron chi connectivity index (χ0n) is 19.6. The Bertz CT molecular complexity index is 1520. The summed E-state index contributed by atoms with van der Waals surface area (Å²) in [5, 5.41) is 7.59. The van der Waals surface area contributed by atoms with E-state index < -0.39 is 11.9 Å². The molecule has 184 valence electrons. The second-order valence-electron chi connectivity index (χ2n) is 7.84. The minimum absolute atomic E-state index is 0.0152. The third-order valence-electron chi connectivity index (χ3n) is 5.36. The number of esters is 2. The molecule has 0 saturated heterocycles. The molecule has 0 amide bonds. The maximum absolute atomic E-state index is 12.6. The zero-order chi connectivity index (χ0) is 25.6. The molecule has 0 saturated carbocycles. The monoisotopic (exact) mass is 496 g/mol. The van der Waals surface area contributed by atoms with Gasteiger partial charge in [-0.1, -0.05) is 77.0 Å². The lowest BCUT2D eigenvalue weighted by Crippen LogP contribution is -2.10. The number of methoxy groups -OCH3 is 1. The van der Waals surface area contributed by atoms with E-state index in [4.69, 9.17) is 23.3 Å². The number of hydrogen-bond acceptors (Lipinski definition) is 9. The molecule has 37 heavy (non-hydrogen) atoms. The van der Waals surface area contributed by atoms with Crippen LogP contribution in [-0.4, -0.2) is 29.4 Å². The Morgan fingerprint density at radius 1 is 0.703 bits per heavy atom. The number of carbonyl (C=O) groups is 2. The molecule has 9 heteroatoms.